The van der Waals surface area contributed by atoms with Crippen molar-refractivity contribution in [1.29, 1.82) is 0 Å². The first-order valence-corrected chi connectivity index (χ1v) is 11.5. The Morgan fingerprint density at radius 1 is 0.974 bits per heavy atom. The van der Waals surface area contributed by atoms with Crippen LogP contribution in [0.5, 0.6) is 0 Å². The fraction of sp³-hybridized carbons (Fsp3) is 0.115. The highest BCUT2D eigenvalue weighted by molar-refractivity contribution is 5.93. The van der Waals surface area contributed by atoms with Crippen molar-refractivity contribution in [3.05, 3.63) is 83.9 Å². The van der Waals surface area contributed by atoms with Gasteiger partial charge in [-0.05, 0) is 31.2 Å². The molecule has 4 aromatic heterocycles. The Morgan fingerprint density at radius 3 is 2.55 bits per heavy atom. The number of amides is 1. The van der Waals surface area contributed by atoms with Gasteiger partial charge in [0.05, 0.1) is 35.2 Å². The van der Waals surface area contributed by atoms with Crippen molar-refractivity contribution in [1.82, 2.24) is 39.7 Å². The largest absolute Gasteiger partial charge is 0.366 e. The SMILES string of the molecule is CC(c1cc2cc(-c3cnn(C)c3)cnc2cc1F)n1nnc2ncc(-c3ccc(C(N)=O)c(F)c3)nc21. The molecule has 0 fully saturated rings. The molecular weight excluding hydrogens is 492 g/mol. The van der Waals surface area contributed by atoms with E-state index in [0.717, 1.165) is 22.6 Å². The van der Waals surface area contributed by atoms with Crippen LogP contribution < -0.4 is 5.73 Å². The smallest absolute Gasteiger partial charge is 0.251 e. The topological polar surface area (TPSA) is 130 Å². The minimum Gasteiger partial charge on any atom is -0.366 e. The molecule has 1 unspecified atom stereocenters. The molecule has 12 heteroatoms. The van der Waals surface area contributed by atoms with Crippen molar-refractivity contribution in [3.8, 4) is 22.4 Å². The number of rotatable bonds is 5. The molecule has 0 saturated carbocycles. The van der Waals surface area contributed by atoms with Gasteiger partial charge in [0.1, 0.15) is 11.6 Å². The normalized spacial score (nSPS) is 12.3. The van der Waals surface area contributed by atoms with Crippen LogP contribution in [0.1, 0.15) is 28.9 Å². The molecule has 0 aliphatic carbocycles. The maximum absolute atomic E-state index is 15.3. The van der Waals surface area contributed by atoms with E-state index in [1.54, 1.807) is 30.1 Å². The minimum atomic E-state index is -0.869. The molecule has 0 aliphatic heterocycles. The van der Waals surface area contributed by atoms with E-state index in [0.29, 0.717) is 22.3 Å². The lowest BCUT2D eigenvalue weighted by molar-refractivity contribution is 0.0996. The molecule has 0 spiro atoms. The van der Waals surface area contributed by atoms with Crippen molar-refractivity contribution >= 4 is 28.1 Å². The Kier molecular flexibility index (Phi) is 5.37. The van der Waals surface area contributed by atoms with E-state index in [9.17, 15) is 9.18 Å². The second-order valence-corrected chi connectivity index (χ2v) is 8.86. The van der Waals surface area contributed by atoms with E-state index in [1.807, 2.05) is 19.3 Å². The molecule has 10 nitrogen and oxygen atoms in total. The summed E-state index contributed by atoms with van der Waals surface area (Å²) in [6.45, 7) is 1.77. The predicted octanol–water partition coefficient (Wildman–Crippen LogP) is 3.82. The fourth-order valence-electron chi connectivity index (χ4n) is 4.35. The summed E-state index contributed by atoms with van der Waals surface area (Å²) >= 11 is 0. The number of carbonyl (C=O) groups excluding carboxylic acids is 1. The van der Waals surface area contributed by atoms with Gasteiger partial charge in [0, 0.05) is 53.1 Å². The lowest BCUT2D eigenvalue weighted by Crippen LogP contribution is -2.13. The van der Waals surface area contributed by atoms with Crippen LogP contribution in [0.4, 0.5) is 8.78 Å². The summed E-state index contributed by atoms with van der Waals surface area (Å²) in [6.07, 6.45) is 6.72. The molecule has 0 saturated heterocycles. The van der Waals surface area contributed by atoms with Gasteiger partial charge in [-0.25, -0.2) is 23.4 Å². The molecule has 2 aromatic carbocycles. The number of carbonyl (C=O) groups is 1. The lowest BCUT2D eigenvalue weighted by atomic mass is 10.0. The zero-order valence-corrected chi connectivity index (χ0v) is 20.2. The molecule has 188 valence electrons. The summed E-state index contributed by atoms with van der Waals surface area (Å²) in [5.41, 5.74) is 8.83. The zero-order chi connectivity index (χ0) is 26.6. The van der Waals surface area contributed by atoms with E-state index in [-0.39, 0.29) is 16.9 Å². The average Bonchev–Trinajstić information content (AvgIpc) is 3.53. The Labute approximate surface area is 213 Å². The number of hydrogen-bond acceptors (Lipinski definition) is 7. The van der Waals surface area contributed by atoms with Gasteiger partial charge in [0.2, 0.25) is 5.65 Å². The van der Waals surface area contributed by atoms with Crippen LogP contribution in [-0.2, 0) is 7.05 Å². The highest BCUT2D eigenvalue weighted by Gasteiger charge is 2.21. The van der Waals surface area contributed by atoms with E-state index in [1.165, 1.54) is 29.1 Å². The van der Waals surface area contributed by atoms with Gasteiger partial charge < -0.3 is 5.73 Å². The number of primary amides is 1. The number of aryl methyl sites for hydroxylation is 1. The summed E-state index contributed by atoms with van der Waals surface area (Å²) in [4.78, 5) is 24.6. The molecule has 0 aliphatic rings. The third-order valence-corrected chi connectivity index (χ3v) is 6.37. The number of hydrogen-bond donors (Lipinski definition) is 1. The minimum absolute atomic E-state index is 0.226. The predicted molar refractivity (Wildman–Crippen MR) is 135 cm³/mol. The van der Waals surface area contributed by atoms with Gasteiger partial charge in [-0.2, -0.15) is 5.10 Å². The Hall–Kier alpha value is -5.13. The number of halogens is 2. The van der Waals surface area contributed by atoms with Gasteiger partial charge in [-0.3, -0.25) is 14.5 Å². The Balaban J connectivity index is 1.41. The standard InChI is InChI=1S/C26H19F2N9O/c1-13(19-6-15-5-16(17-10-32-36(2)12-17)9-30-22(15)8-21(19)28)37-26-25(34-35-37)31-11-23(33-26)14-3-4-18(24(29)38)20(27)7-14/h3-13H,1-2H3,(H2,29,38). The van der Waals surface area contributed by atoms with Crippen LogP contribution >= 0.6 is 0 Å². The van der Waals surface area contributed by atoms with Crippen molar-refractivity contribution in [2.75, 3.05) is 0 Å². The lowest BCUT2D eigenvalue weighted by Gasteiger charge is -2.15. The highest BCUT2D eigenvalue weighted by atomic mass is 19.1. The number of pyridine rings is 1. The highest BCUT2D eigenvalue weighted by Crippen LogP contribution is 2.30. The van der Waals surface area contributed by atoms with Gasteiger partial charge in [-0.1, -0.05) is 11.3 Å². The summed E-state index contributed by atoms with van der Waals surface area (Å²) in [5.74, 6) is -2.09. The van der Waals surface area contributed by atoms with Crippen molar-refractivity contribution in [2.24, 2.45) is 12.8 Å². The summed E-state index contributed by atoms with van der Waals surface area (Å²) in [6, 6.07) is 8.39. The van der Waals surface area contributed by atoms with Crippen molar-refractivity contribution < 1.29 is 13.6 Å². The molecule has 1 atom stereocenters. The van der Waals surface area contributed by atoms with E-state index < -0.39 is 23.6 Å². The van der Waals surface area contributed by atoms with Crippen LogP contribution in [0.25, 0.3) is 44.6 Å². The van der Waals surface area contributed by atoms with Crippen LogP contribution in [0.15, 0.2) is 61.2 Å². The third kappa shape index (κ3) is 3.92. The molecule has 6 aromatic rings. The summed E-state index contributed by atoms with van der Waals surface area (Å²) < 4.78 is 32.8. The molecule has 1 amide bonds. The van der Waals surface area contributed by atoms with Crippen molar-refractivity contribution in [3.63, 3.8) is 0 Å². The number of aromatic nitrogens is 8. The van der Waals surface area contributed by atoms with Gasteiger partial charge in [0.15, 0.2) is 5.65 Å². The monoisotopic (exact) mass is 511 g/mol. The molecule has 6 rings (SSSR count). The zero-order valence-electron chi connectivity index (χ0n) is 20.2. The Bertz CT molecular complexity index is 1880. The maximum atomic E-state index is 15.3. The molecular formula is C26H19F2N9O. The van der Waals surface area contributed by atoms with Crippen LogP contribution in [0.2, 0.25) is 0 Å². The number of nitrogens with zero attached hydrogens (tertiary/aromatic N) is 8. The van der Waals surface area contributed by atoms with Crippen LogP contribution in [0.3, 0.4) is 0 Å². The molecule has 38 heavy (non-hydrogen) atoms. The average molecular weight is 511 g/mol. The van der Waals surface area contributed by atoms with Crippen LogP contribution in [0, 0.1) is 11.6 Å². The summed E-state index contributed by atoms with van der Waals surface area (Å²) in [5, 5.41) is 13.2. The first kappa shape index (κ1) is 23.3. The van der Waals surface area contributed by atoms with E-state index in [2.05, 4.69) is 30.4 Å². The van der Waals surface area contributed by atoms with Crippen LogP contribution in [-0.4, -0.2) is 45.6 Å². The second kappa shape index (κ2) is 8.76. The molecule has 4 heterocycles. The van der Waals surface area contributed by atoms with E-state index in [4.69, 9.17) is 5.73 Å². The first-order valence-electron chi connectivity index (χ1n) is 11.5. The van der Waals surface area contributed by atoms with Crippen molar-refractivity contribution in [2.45, 2.75) is 13.0 Å². The van der Waals surface area contributed by atoms with Gasteiger partial charge in [-0.15, -0.1) is 5.10 Å². The Morgan fingerprint density at radius 2 is 1.82 bits per heavy atom. The van der Waals surface area contributed by atoms with Gasteiger partial charge in [0.25, 0.3) is 5.91 Å². The van der Waals surface area contributed by atoms with E-state index >= 15 is 4.39 Å². The number of fused-ring (bicyclic) bond motifs is 2. The third-order valence-electron chi connectivity index (χ3n) is 6.37. The molecule has 2 N–H and O–H groups in total. The molecule has 0 radical (unpaired) electrons. The molecule has 0 bridgehead atoms. The number of benzene rings is 2. The summed E-state index contributed by atoms with van der Waals surface area (Å²) in [7, 11) is 1.83. The maximum Gasteiger partial charge on any atom is 0.251 e. The quantitative estimate of drug-likeness (QED) is 0.372. The first-order chi connectivity index (χ1) is 18.3. The fourth-order valence-corrected chi connectivity index (χ4v) is 4.35. The number of nitrogens with two attached hydrogens (primary N) is 1. The van der Waals surface area contributed by atoms with Gasteiger partial charge >= 0.3 is 0 Å². The second-order valence-electron chi connectivity index (χ2n) is 8.86.